The van der Waals surface area contributed by atoms with Gasteiger partial charge in [0.1, 0.15) is 0 Å². The van der Waals surface area contributed by atoms with Gasteiger partial charge in [-0.15, -0.1) is 0 Å². The van der Waals surface area contributed by atoms with Crippen molar-refractivity contribution in [2.24, 2.45) is 0 Å². The first-order valence-corrected chi connectivity index (χ1v) is 7.94. The van der Waals surface area contributed by atoms with Crippen LogP contribution in [-0.4, -0.2) is 27.5 Å². The van der Waals surface area contributed by atoms with Crippen LogP contribution < -0.4 is 10.0 Å². The van der Waals surface area contributed by atoms with Crippen LogP contribution in [0.25, 0.3) is 0 Å². The lowest BCUT2D eigenvalue weighted by Gasteiger charge is -2.12. The number of nitrogens with zero attached hydrogens (tertiary/aromatic N) is 1. The Hall–Kier alpha value is -1.42. The number of hydrogen-bond acceptors (Lipinski definition) is 4. The predicted octanol–water partition coefficient (Wildman–Crippen LogP) is 0.730. The molecule has 1 aliphatic rings. The van der Waals surface area contributed by atoms with Crippen LogP contribution in [0.3, 0.4) is 0 Å². The van der Waals surface area contributed by atoms with Crippen LogP contribution in [-0.2, 0) is 15.8 Å². The minimum Gasteiger partial charge on any atom is -0.313 e. The Bertz CT molecular complexity index is 572. The molecule has 1 atom stereocenters. The maximum Gasteiger partial charge on any atom is 0.215 e. The van der Waals surface area contributed by atoms with Crippen LogP contribution in [0.4, 0.5) is 0 Å². The highest BCUT2D eigenvalue weighted by atomic mass is 32.2. The first-order valence-electron chi connectivity index (χ1n) is 6.29. The fourth-order valence-electron chi connectivity index (χ4n) is 2.16. The van der Waals surface area contributed by atoms with E-state index in [0.29, 0.717) is 17.7 Å². The van der Waals surface area contributed by atoms with Crippen molar-refractivity contribution in [1.82, 2.24) is 10.0 Å². The maximum atomic E-state index is 11.9. The average molecular weight is 279 g/mol. The van der Waals surface area contributed by atoms with Crippen LogP contribution in [0.5, 0.6) is 0 Å². The van der Waals surface area contributed by atoms with E-state index in [0.717, 1.165) is 19.4 Å². The molecule has 5 nitrogen and oxygen atoms in total. The van der Waals surface area contributed by atoms with E-state index < -0.39 is 10.0 Å². The first-order chi connectivity index (χ1) is 9.09. The normalized spacial score (nSPS) is 19.2. The quantitative estimate of drug-likeness (QED) is 0.832. The molecular weight excluding hydrogens is 262 g/mol. The number of sulfonamides is 1. The molecule has 1 aromatic rings. The van der Waals surface area contributed by atoms with Crippen LogP contribution in [0.15, 0.2) is 24.3 Å². The summed E-state index contributed by atoms with van der Waals surface area (Å²) < 4.78 is 26.5. The molecular formula is C13H17N3O2S. The second-order valence-electron chi connectivity index (χ2n) is 4.71. The van der Waals surface area contributed by atoms with Crippen molar-refractivity contribution in [2.75, 3.05) is 13.1 Å². The fourth-order valence-corrected chi connectivity index (χ4v) is 3.34. The fraction of sp³-hybridized carbons (Fsp3) is 0.462. The Morgan fingerprint density at radius 2 is 2.32 bits per heavy atom. The summed E-state index contributed by atoms with van der Waals surface area (Å²) in [7, 11) is -3.35. The van der Waals surface area contributed by atoms with Crippen molar-refractivity contribution < 1.29 is 8.42 Å². The second kappa shape index (κ2) is 6.15. The van der Waals surface area contributed by atoms with Crippen molar-refractivity contribution >= 4 is 10.0 Å². The van der Waals surface area contributed by atoms with Gasteiger partial charge >= 0.3 is 0 Å². The van der Waals surface area contributed by atoms with Gasteiger partial charge in [-0.3, -0.25) is 0 Å². The molecule has 102 valence electrons. The van der Waals surface area contributed by atoms with E-state index in [1.54, 1.807) is 24.3 Å². The molecule has 1 saturated heterocycles. The van der Waals surface area contributed by atoms with Gasteiger partial charge in [0.05, 0.1) is 17.4 Å². The molecule has 6 heteroatoms. The summed E-state index contributed by atoms with van der Waals surface area (Å²) in [5, 5.41) is 12.0. The Morgan fingerprint density at radius 1 is 1.47 bits per heavy atom. The van der Waals surface area contributed by atoms with Gasteiger partial charge in [0, 0.05) is 12.6 Å². The first kappa shape index (κ1) is 14.0. The van der Waals surface area contributed by atoms with Crippen molar-refractivity contribution in [1.29, 1.82) is 5.26 Å². The zero-order valence-corrected chi connectivity index (χ0v) is 11.4. The number of nitrogens with one attached hydrogen (secondary N) is 2. The zero-order valence-electron chi connectivity index (χ0n) is 10.6. The summed E-state index contributed by atoms with van der Waals surface area (Å²) in [5.74, 6) is -0.0881. The third kappa shape index (κ3) is 4.31. The summed E-state index contributed by atoms with van der Waals surface area (Å²) >= 11 is 0. The Morgan fingerprint density at radius 3 is 3.00 bits per heavy atom. The van der Waals surface area contributed by atoms with Crippen molar-refractivity contribution in [3.8, 4) is 6.07 Å². The summed E-state index contributed by atoms with van der Waals surface area (Å²) in [6.45, 7) is 1.39. The van der Waals surface area contributed by atoms with Crippen LogP contribution >= 0.6 is 0 Å². The van der Waals surface area contributed by atoms with E-state index in [2.05, 4.69) is 10.0 Å². The summed E-state index contributed by atoms with van der Waals surface area (Å²) in [6.07, 6.45) is 2.10. The van der Waals surface area contributed by atoms with Crippen LogP contribution in [0.2, 0.25) is 0 Å². The van der Waals surface area contributed by atoms with Crippen molar-refractivity contribution in [3.05, 3.63) is 35.4 Å². The number of benzene rings is 1. The lowest BCUT2D eigenvalue weighted by Crippen LogP contribution is -2.37. The number of hydrogen-bond donors (Lipinski definition) is 2. The molecule has 1 fully saturated rings. The smallest absolute Gasteiger partial charge is 0.215 e. The van der Waals surface area contributed by atoms with Gasteiger partial charge in [-0.1, -0.05) is 12.1 Å². The lowest BCUT2D eigenvalue weighted by molar-refractivity contribution is 0.551. The largest absolute Gasteiger partial charge is 0.313 e. The highest BCUT2D eigenvalue weighted by Crippen LogP contribution is 2.09. The molecule has 1 aliphatic heterocycles. The minimum absolute atomic E-state index is 0.0881. The summed E-state index contributed by atoms with van der Waals surface area (Å²) in [6, 6.07) is 8.92. The van der Waals surface area contributed by atoms with Gasteiger partial charge in [-0.2, -0.15) is 5.26 Å². The molecule has 0 radical (unpaired) electrons. The molecule has 0 spiro atoms. The third-order valence-electron chi connectivity index (χ3n) is 3.12. The Balaban J connectivity index is 1.94. The van der Waals surface area contributed by atoms with Crippen molar-refractivity contribution in [3.63, 3.8) is 0 Å². The Labute approximate surface area is 113 Å². The van der Waals surface area contributed by atoms with Gasteiger partial charge in [0.2, 0.25) is 10.0 Å². The Kier molecular flexibility index (Phi) is 4.53. The number of nitriles is 1. The minimum atomic E-state index is -3.35. The van der Waals surface area contributed by atoms with E-state index in [9.17, 15) is 8.42 Å². The summed E-state index contributed by atoms with van der Waals surface area (Å²) in [5.41, 5.74) is 1.11. The molecule has 1 heterocycles. The van der Waals surface area contributed by atoms with Gasteiger partial charge in [-0.05, 0) is 37.1 Å². The van der Waals surface area contributed by atoms with Crippen LogP contribution in [0.1, 0.15) is 24.0 Å². The zero-order chi connectivity index (χ0) is 13.7. The molecule has 0 aromatic heterocycles. The number of rotatable bonds is 5. The highest BCUT2D eigenvalue weighted by molar-refractivity contribution is 7.88. The maximum absolute atomic E-state index is 11.9. The second-order valence-corrected chi connectivity index (χ2v) is 6.52. The molecule has 2 rings (SSSR count). The lowest BCUT2D eigenvalue weighted by atomic mass is 10.2. The van der Waals surface area contributed by atoms with Gasteiger partial charge < -0.3 is 5.32 Å². The highest BCUT2D eigenvalue weighted by Gasteiger charge is 2.18. The third-order valence-corrected chi connectivity index (χ3v) is 4.44. The van der Waals surface area contributed by atoms with Gasteiger partial charge in [0.25, 0.3) is 0 Å². The van der Waals surface area contributed by atoms with E-state index in [1.165, 1.54) is 0 Å². The molecule has 0 aliphatic carbocycles. The topological polar surface area (TPSA) is 82.0 Å². The van der Waals surface area contributed by atoms with Gasteiger partial charge in [-0.25, -0.2) is 13.1 Å². The van der Waals surface area contributed by atoms with E-state index in [4.69, 9.17) is 5.26 Å². The summed E-state index contributed by atoms with van der Waals surface area (Å²) in [4.78, 5) is 0. The molecule has 2 N–H and O–H groups in total. The molecule has 0 saturated carbocycles. The van der Waals surface area contributed by atoms with E-state index in [1.807, 2.05) is 6.07 Å². The van der Waals surface area contributed by atoms with E-state index >= 15 is 0 Å². The van der Waals surface area contributed by atoms with Gasteiger partial charge in [0.15, 0.2) is 0 Å². The van der Waals surface area contributed by atoms with Crippen LogP contribution in [0, 0.1) is 11.3 Å². The molecule has 19 heavy (non-hydrogen) atoms. The average Bonchev–Trinajstić information content (AvgIpc) is 2.89. The molecule has 0 amide bonds. The molecule has 1 unspecified atom stereocenters. The molecule has 0 bridgehead atoms. The monoisotopic (exact) mass is 279 g/mol. The SMILES string of the molecule is N#Cc1cccc(CS(=O)(=O)NCC2CCCN2)c1. The van der Waals surface area contributed by atoms with E-state index in [-0.39, 0.29) is 11.8 Å². The predicted molar refractivity (Wildman–Crippen MR) is 72.8 cm³/mol. The molecule has 1 aromatic carbocycles. The van der Waals surface area contributed by atoms with Crippen molar-refractivity contribution in [2.45, 2.75) is 24.6 Å². The standard InChI is InChI=1S/C13H17N3O2S/c14-8-11-3-1-4-12(7-11)10-19(17,18)16-9-13-5-2-6-15-13/h1,3-4,7,13,15-16H,2,5-6,9-10H2.